The van der Waals surface area contributed by atoms with Gasteiger partial charge in [0.25, 0.3) is 0 Å². The van der Waals surface area contributed by atoms with Crippen molar-refractivity contribution in [2.24, 2.45) is 5.92 Å². The molecule has 0 aromatic carbocycles. The standard InChI is InChI=1S/C13H22N2O3/c1-13(2,11(16)18-3)15-8-10(14-12(15)17)9-6-4-5-7-9/h9-10H,4-8H2,1-3H3,(H,14,17). The Morgan fingerprint density at radius 2 is 2.00 bits per heavy atom. The Hall–Kier alpha value is -1.26. The van der Waals surface area contributed by atoms with Crippen LogP contribution in [0.3, 0.4) is 0 Å². The molecule has 1 atom stereocenters. The van der Waals surface area contributed by atoms with Gasteiger partial charge in [-0.05, 0) is 32.6 Å². The molecule has 2 fully saturated rings. The molecule has 1 saturated carbocycles. The van der Waals surface area contributed by atoms with Crippen molar-refractivity contribution in [2.75, 3.05) is 13.7 Å². The number of hydrogen-bond donors (Lipinski definition) is 1. The third kappa shape index (κ3) is 2.18. The highest BCUT2D eigenvalue weighted by atomic mass is 16.5. The van der Waals surface area contributed by atoms with Crippen LogP contribution in [0.25, 0.3) is 0 Å². The lowest BCUT2D eigenvalue weighted by Crippen LogP contribution is -2.52. The van der Waals surface area contributed by atoms with E-state index in [1.54, 1.807) is 18.7 Å². The van der Waals surface area contributed by atoms with Crippen LogP contribution in [0.2, 0.25) is 0 Å². The molecule has 1 saturated heterocycles. The van der Waals surface area contributed by atoms with Crippen molar-refractivity contribution in [3.05, 3.63) is 0 Å². The first-order valence-corrected chi connectivity index (χ1v) is 6.63. The molecule has 2 rings (SSSR count). The fourth-order valence-electron chi connectivity index (χ4n) is 3.03. The van der Waals surface area contributed by atoms with Crippen LogP contribution < -0.4 is 5.32 Å². The van der Waals surface area contributed by atoms with Crippen LogP contribution in [0, 0.1) is 5.92 Å². The van der Waals surface area contributed by atoms with E-state index in [1.807, 2.05) is 0 Å². The molecule has 5 heteroatoms. The summed E-state index contributed by atoms with van der Waals surface area (Å²) in [4.78, 5) is 25.4. The van der Waals surface area contributed by atoms with Gasteiger partial charge in [-0.3, -0.25) is 0 Å². The Morgan fingerprint density at radius 3 is 2.56 bits per heavy atom. The summed E-state index contributed by atoms with van der Waals surface area (Å²) in [5.74, 6) is 0.192. The molecule has 0 spiro atoms. The first kappa shape index (κ1) is 13.2. The van der Waals surface area contributed by atoms with Crippen molar-refractivity contribution >= 4 is 12.0 Å². The van der Waals surface area contributed by atoms with Gasteiger partial charge in [0.1, 0.15) is 5.54 Å². The average molecular weight is 254 g/mol. The lowest BCUT2D eigenvalue weighted by Gasteiger charge is -2.31. The van der Waals surface area contributed by atoms with E-state index in [9.17, 15) is 9.59 Å². The molecule has 1 N–H and O–H groups in total. The number of nitrogens with one attached hydrogen (secondary N) is 1. The summed E-state index contributed by atoms with van der Waals surface area (Å²) in [5.41, 5.74) is -0.897. The van der Waals surface area contributed by atoms with Crippen LogP contribution >= 0.6 is 0 Å². The maximum Gasteiger partial charge on any atom is 0.331 e. The highest BCUT2D eigenvalue weighted by Gasteiger charge is 2.45. The van der Waals surface area contributed by atoms with Gasteiger partial charge in [0.15, 0.2) is 0 Å². The smallest absolute Gasteiger partial charge is 0.331 e. The predicted octanol–water partition coefficient (Wildman–Crippen LogP) is 1.52. The van der Waals surface area contributed by atoms with Crippen LogP contribution in [0.4, 0.5) is 4.79 Å². The second-order valence-corrected chi connectivity index (χ2v) is 5.76. The zero-order valence-electron chi connectivity index (χ0n) is 11.4. The molecular formula is C13H22N2O3. The number of ether oxygens (including phenoxy) is 1. The summed E-state index contributed by atoms with van der Waals surface area (Å²) < 4.78 is 4.78. The molecule has 0 radical (unpaired) electrons. The summed E-state index contributed by atoms with van der Waals surface area (Å²) in [6.07, 6.45) is 4.85. The summed E-state index contributed by atoms with van der Waals surface area (Å²) in [7, 11) is 1.35. The van der Waals surface area contributed by atoms with Gasteiger partial charge in [-0.15, -0.1) is 0 Å². The number of amides is 2. The third-order valence-electron chi connectivity index (χ3n) is 4.26. The number of nitrogens with zero attached hydrogens (tertiary/aromatic N) is 1. The molecule has 1 aliphatic heterocycles. The van der Waals surface area contributed by atoms with Gasteiger partial charge in [-0.25, -0.2) is 9.59 Å². The van der Waals surface area contributed by atoms with E-state index in [1.165, 1.54) is 32.8 Å². The van der Waals surface area contributed by atoms with Crippen molar-refractivity contribution in [1.82, 2.24) is 10.2 Å². The van der Waals surface area contributed by atoms with E-state index in [2.05, 4.69) is 5.32 Å². The SMILES string of the molecule is COC(=O)C(C)(C)N1CC(C2CCCC2)NC1=O. The third-order valence-corrected chi connectivity index (χ3v) is 4.26. The maximum atomic E-state index is 12.0. The summed E-state index contributed by atoms with van der Waals surface area (Å²) in [6.45, 7) is 4.07. The largest absolute Gasteiger partial charge is 0.467 e. The summed E-state index contributed by atoms with van der Waals surface area (Å²) >= 11 is 0. The van der Waals surface area contributed by atoms with Gasteiger partial charge in [0.05, 0.1) is 13.2 Å². The lowest BCUT2D eigenvalue weighted by atomic mass is 9.97. The van der Waals surface area contributed by atoms with Crippen molar-refractivity contribution in [3.63, 3.8) is 0 Å². The summed E-state index contributed by atoms with van der Waals surface area (Å²) in [5, 5.41) is 3.01. The van der Waals surface area contributed by atoms with Gasteiger partial charge in [-0.1, -0.05) is 12.8 Å². The quantitative estimate of drug-likeness (QED) is 0.777. The Balaban J connectivity index is 2.06. The van der Waals surface area contributed by atoms with Gasteiger partial charge < -0.3 is 15.0 Å². The monoisotopic (exact) mass is 254 g/mol. The average Bonchev–Trinajstić information content (AvgIpc) is 2.96. The van der Waals surface area contributed by atoms with Crippen LogP contribution in [-0.4, -0.2) is 42.1 Å². The molecule has 1 heterocycles. The maximum absolute atomic E-state index is 12.0. The summed E-state index contributed by atoms with van der Waals surface area (Å²) in [6, 6.07) is 0.0335. The minimum Gasteiger partial charge on any atom is -0.467 e. The molecule has 2 amide bonds. The van der Waals surface area contributed by atoms with E-state index in [4.69, 9.17) is 4.74 Å². The highest BCUT2D eigenvalue weighted by molar-refractivity contribution is 5.88. The second kappa shape index (κ2) is 4.78. The molecule has 0 aromatic heterocycles. The number of methoxy groups -OCH3 is 1. The number of rotatable bonds is 3. The Kier molecular flexibility index (Phi) is 3.50. The molecule has 5 nitrogen and oxygen atoms in total. The number of urea groups is 1. The van der Waals surface area contributed by atoms with E-state index < -0.39 is 5.54 Å². The Labute approximate surface area is 108 Å². The van der Waals surface area contributed by atoms with Gasteiger partial charge in [0, 0.05) is 6.54 Å². The minimum absolute atomic E-state index is 0.151. The number of carbonyl (C=O) groups excluding carboxylic acids is 2. The van der Waals surface area contributed by atoms with Gasteiger partial charge in [0.2, 0.25) is 0 Å². The first-order chi connectivity index (χ1) is 8.46. The van der Waals surface area contributed by atoms with Crippen LogP contribution in [0.15, 0.2) is 0 Å². The van der Waals surface area contributed by atoms with E-state index in [-0.39, 0.29) is 18.0 Å². The van der Waals surface area contributed by atoms with E-state index >= 15 is 0 Å². The van der Waals surface area contributed by atoms with E-state index in [0.717, 1.165) is 0 Å². The van der Waals surface area contributed by atoms with Crippen molar-refractivity contribution in [1.29, 1.82) is 0 Å². The van der Waals surface area contributed by atoms with E-state index in [0.29, 0.717) is 12.5 Å². The van der Waals surface area contributed by atoms with Gasteiger partial charge in [-0.2, -0.15) is 0 Å². The fourth-order valence-corrected chi connectivity index (χ4v) is 3.03. The fraction of sp³-hybridized carbons (Fsp3) is 0.846. The molecule has 0 aromatic rings. The predicted molar refractivity (Wildman–Crippen MR) is 67.1 cm³/mol. The van der Waals surface area contributed by atoms with Gasteiger partial charge >= 0.3 is 12.0 Å². The number of esters is 1. The van der Waals surface area contributed by atoms with Crippen LogP contribution in [0.5, 0.6) is 0 Å². The van der Waals surface area contributed by atoms with Crippen molar-refractivity contribution < 1.29 is 14.3 Å². The minimum atomic E-state index is -0.897. The van der Waals surface area contributed by atoms with Crippen LogP contribution in [-0.2, 0) is 9.53 Å². The molecule has 102 valence electrons. The molecular weight excluding hydrogens is 232 g/mol. The van der Waals surface area contributed by atoms with Crippen molar-refractivity contribution in [2.45, 2.75) is 51.1 Å². The Morgan fingerprint density at radius 1 is 1.39 bits per heavy atom. The Bertz CT molecular complexity index is 348. The normalized spacial score (nSPS) is 25.4. The lowest BCUT2D eigenvalue weighted by molar-refractivity contribution is -0.151. The molecule has 18 heavy (non-hydrogen) atoms. The molecule has 1 aliphatic carbocycles. The zero-order valence-corrected chi connectivity index (χ0v) is 11.4. The molecule has 2 aliphatic rings. The topological polar surface area (TPSA) is 58.6 Å². The van der Waals surface area contributed by atoms with Crippen LogP contribution in [0.1, 0.15) is 39.5 Å². The number of carbonyl (C=O) groups is 2. The number of hydrogen-bond acceptors (Lipinski definition) is 3. The highest BCUT2D eigenvalue weighted by Crippen LogP contribution is 2.32. The van der Waals surface area contributed by atoms with Crippen molar-refractivity contribution in [3.8, 4) is 0 Å². The molecule has 1 unspecified atom stereocenters. The first-order valence-electron chi connectivity index (χ1n) is 6.63. The molecule has 0 bridgehead atoms. The second-order valence-electron chi connectivity index (χ2n) is 5.76. The zero-order chi connectivity index (χ0) is 13.3.